The summed E-state index contributed by atoms with van der Waals surface area (Å²) < 4.78 is 5.09. The zero-order valence-electron chi connectivity index (χ0n) is 11.1. The van der Waals surface area contributed by atoms with Crippen molar-refractivity contribution in [3.8, 4) is 0 Å². The first-order valence-electron chi connectivity index (χ1n) is 5.96. The standard InChI is InChI=1S/C12H22N4O/c1-5-16(6-7-17-4)11-8-10(13)14-12(15-11)9(2)3/h8-9H,5-7H2,1-4H3,(H2,13,14,15). The van der Waals surface area contributed by atoms with E-state index >= 15 is 0 Å². The monoisotopic (exact) mass is 238 g/mol. The lowest BCUT2D eigenvalue weighted by Crippen LogP contribution is -2.28. The number of likely N-dealkylation sites (N-methyl/N-ethyl adjacent to an activating group) is 1. The number of anilines is 2. The van der Waals surface area contributed by atoms with E-state index in [4.69, 9.17) is 10.5 Å². The van der Waals surface area contributed by atoms with Gasteiger partial charge in [0.2, 0.25) is 0 Å². The molecule has 0 amide bonds. The van der Waals surface area contributed by atoms with Gasteiger partial charge in [0.25, 0.3) is 0 Å². The van der Waals surface area contributed by atoms with Crippen molar-refractivity contribution in [3.63, 3.8) is 0 Å². The number of hydrogen-bond acceptors (Lipinski definition) is 5. The fraction of sp³-hybridized carbons (Fsp3) is 0.667. The molecule has 0 bridgehead atoms. The van der Waals surface area contributed by atoms with Gasteiger partial charge in [-0.15, -0.1) is 0 Å². The van der Waals surface area contributed by atoms with Crippen molar-refractivity contribution in [2.45, 2.75) is 26.7 Å². The summed E-state index contributed by atoms with van der Waals surface area (Å²) in [4.78, 5) is 10.9. The van der Waals surface area contributed by atoms with Crippen LogP contribution in [-0.2, 0) is 4.74 Å². The molecule has 0 aliphatic rings. The molecule has 0 saturated carbocycles. The Bertz CT molecular complexity index is 354. The van der Waals surface area contributed by atoms with Crippen LogP contribution in [0.15, 0.2) is 6.07 Å². The molecular formula is C12H22N4O. The molecular weight excluding hydrogens is 216 g/mol. The quantitative estimate of drug-likeness (QED) is 0.816. The highest BCUT2D eigenvalue weighted by Gasteiger charge is 2.11. The zero-order valence-corrected chi connectivity index (χ0v) is 11.1. The van der Waals surface area contributed by atoms with Crippen LogP contribution in [0.1, 0.15) is 32.5 Å². The van der Waals surface area contributed by atoms with Gasteiger partial charge in [0.05, 0.1) is 6.61 Å². The third-order valence-electron chi connectivity index (χ3n) is 2.54. The van der Waals surface area contributed by atoms with Crippen LogP contribution in [0.4, 0.5) is 11.6 Å². The highest BCUT2D eigenvalue weighted by molar-refractivity contribution is 5.47. The summed E-state index contributed by atoms with van der Waals surface area (Å²) in [5.41, 5.74) is 5.81. The Labute approximate surface area is 103 Å². The summed E-state index contributed by atoms with van der Waals surface area (Å²) in [6, 6.07) is 1.81. The molecule has 0 aromatic carbocycles. The number of nitrogens with two attached hydrogens (primary N) is 1. The predicted molar refractivity (Wildman–Crippen MR) is 70.3 cm³/mol. The normalized spacial score (nSPS) is 10.9. The average Bonchev–Trinajstić information content (AvgIpc) is 2.29. The second-order valence-corrected chi connectivity index (χ2v) is 4.24. The number of nitrogen functional groups attached to an aromatic ring is 1. The van der Waals surface area contributed by atoms with Gasteiger partial charge in [-0.25, -0.2) is 9.97 Å². The van der Waals surface area contributed by atoms with Crippen molar-refractivity contribution < 1.29 is 4.74 Å². The summed E-state index contributed by atoms with van der Waals surface area (Å²) in [6.07, 6.45) is 0. The fourth-order valence-corrected chi connectivity index (χ4v) is 1.53. The molecule has 1 aromatic heterocycles. The van der Waals surface area contributed by atoms with Gasteiger partial charge in [-0.2, -0.15) is 0 Å². The molecule has 0 atom stereocenters. The lowest BCUT2D eigenvalue weighted by molar-refractivity contribution is 0.205. The predicted octanol–water partition coefficient (Wildman–Crippen LogP) is 1.65. The highest BCUT2D eigenvalue weighted by atomic mass is 16.5. The number of aromatic nitrogens is 2. The minimum Gasteiger partial charge on any atom is -0.384 e. The number of nitrogens with zero attached hydrogens (tertiary/aromatic N) is 3. The fourth-order valence-electron chi connectivity index (χ4n) is 1.53. The first-order valence-corrected chi connectivity index (χ1v) is 5.96. The average molecular weight is 238 g/mol. The van der Waals surface area contributed by atoms with E-state index in [1.807, 2.05) is 6.07 Å². The van der Waals surface area contributed by atoms with E-state index in [9.17, 15) is 0 Å². The van der Waals surface area contributed by atoms with Gasteiger partial charge in [0.1, 0.15) is 17.5 Å². The second kappa shape index (κ2) is 6.39. The molecule has 1 rings (SSSR count). The van der Waals surface area contributed by atoms with E-state index in [0.29, 0.717) is 12.4 Å². The van der Waals surface area contributed by atoms with Gasteiger partial charge in [0.15, 0.2) is 0 Å². The Hall–Kier alpha value is -1.36. The van der Waals surface area contributed by atoms with Crippen LogP contribution in [0.25, 0.3) is 0 Å². The maximum absolute atomic E-state index is 5.81. The Morgan fingerprint density at radius 2 is 2.12 bits per heavy atom. The minimum absolute atomic E-state index is 0.276. The maximum atomic E-state index is 5.81. The van der Waals surface area contributed by atoms with E-state index in [1.54, 1.807) is 7.11 Å². The van der Waals surface area contributed by atoms with Crippen molar-refractivity contribution in [3.05, 3.63) is 11.9 Å². The number of rotatable bonds is 6. The van der Waals surface area contributed by atoms with E-state index in [0.717, 1.165) is 24.7 Å². The first kappa shape index (κ1) is 13.7. The molecule has 17 heavy (non-hydrogen) atoms. The third kappa shape index (κ3) is 3.85. The van der Waals surface area contributed by atoms with Gasteiger partial charge in [0, 0.05) is 32.2 Å². The molecule has 0 aliphatic carbocycles. The lowest BCUT2D eigenvalue weighted by atomic mass is 10.2. The molecule has 0 saturated heterocycles. The zero-order chi connectivity index (χ0) is 12.8. The molecule has 1 heterocycles. The summed E-state index contributed by atoms with van der Waals surface area (Å²) in [6.45, 7) is 8.56. The van der Waals surface area contributed by atoms with Gasteiger partial charge in [-0.05, 0) is 6.92 Å². The van der Waals surface area contributed by atoms with Gasteiger partial charge >= 0.3 is 0 Å². The molecule has 0 radical (unpaired) electrons. The van der Waals surface area contributed by atoms with Crippen molar-refractivity contribution in [2.24, 2.45) is 0 Å². The van der Waals surface area contributed by atoms with E-state index < -0.39 is 0 Å². The van der Waals surface area contributed by atoms with E-state index in [-0.39, 0.29) is 5.92 Å². The third-order valence-corrected chi connectivity index (χ3v) is 2.54. The van der Waals surface area contributed by atoms with E-state index in [1.165, 1.54) is 0 Å². The minimum atomic E-state index is 0.276. The smallest absolute Gasteiger partial charge is 0.135 e. The summed E-state index contributed by atoms with van der Waals surface area (Å²) >= 11 is 0. The first-order chi connectivity index (χ1) is 8.08. The van der Waals surface area contributed by atoms with Crippen LogP contribution in [0.5, 0.6) is 0 Å². The second-order valence-electron chi connectivity index (χ2n) is 4.24. The molecule has 0 aliphatic heterocycles. The molecule has 0 spiro atoms. The number of hydrogen-bond donors (Lipinski definition) is 1. The van der Waals surface area contributed by atoms with Crippen LogP contribution in [0, 0.1) is 0 Å². The molecule has 96 valence electrons. The lowest BCUT2D eigenvalue weighted by Gasteiger charge is -2.22. The molecule has 5 heteroatoms. The number of ether oxygens (including phenoxy) is 1. The molecule has 2 N–H and O–H groups in total. The SMILES string of the molecule is CCN(CCOC)c1cc(N)nc(C(C)C)n1. The summed E-state index contributed by atoms with van der Waals surface area (Å²) in [5, 5.41) is 0. The highest BCUT2D eigenvalue weighted by Crippen LogP contribution is 2.18. The Kier molecular flexibility index (Phi) is 5.15. The van der Waals surface area contributed by atoms with Crippen LogP contribution in [-0.4, -0.2) is 36.8 Å². The Balaban J connectivity index is 2.94. The van der Waals surface area contributed by atoms with Crippen molar-refractivity contribution >= 4 is 11.6 Å². The summed E-state index contributed by atoms with van der Waals surface area (Å²) in [7, 11) is 1.70. The van der Waals surface area contributed by atoms with Gasteiger partial charge < -0.3 is 15.4 Å². The van der Waals surface area contributed by atoms with Crippen LogP contribution < -0.4 is 10.6 Å². The van der Waals surface area contributed by atoms with Crippen molar-refractivity contribution in [1.29, 1.82) is 0 Å². The Morgan fingerprint density at radius 1 is 1.41 bits per heavy atom. The van der Waals surface area contributed by atoms with E-state index in [2.05, 4.69) is 35.6 Å². The molecule has 5 nitrogen and oxygen atoms in total. The molecule has 1 aromatic rings. The Morgan fingerprint density at radius 3 is 2.65 bits per heavy atom. The summed E-state index contributed by atoms with van der Waals surface area (Å²) in [5.74, 6) is 2.46. The molecule has 0 unspecified atom stereocenters. The van der Waals surface area contributed by atoms with Crippen LogP contribution in [0.3, 0.4) is 0 Å². The van der Waals surface area contributed by atoms with Crippen molar-refractivity contribution in [2.75, 3.05) is 37.4 Å². The largest absolute Gasteiger partial charge is 0.384 e. The van der Waals surface area contributed by atoms with Crippen LogP contribution >= 0.6 is 0 Å². The molecule has 0 fully saturated rings. The maximum Gasteiger partial charge on any atom is 0.135 e. The van der Waals surface area contributed by atoms with Gasteiger partial charge in [-0.1, -0.05) is 13.8 Å². The topological polar surface area (TPSA) is 64.3 Å². The number of methoxy groups -OCH3 is 1. The van der Waals surface area contributed by atoms with Crippen LogP contribution in [0.2, 0.25) is 0 Å². The van der Waals surface area contributed by atoms with Gasteiger partial charge in [-0.3, -0.25) is 0 Å². The van der Waals surface area contributed by atoms with Crippen molar-refractivity contribution in [1.82, 2.24) is 9.97 Å².